The van der Waals surface area contributed by atoms with Gasteiger partial charge in [0.05, 0.1) is 12.7 Å². The van der Waals surface area contributed by atoms with Crippen LogP contribution in [0.4, 0.5) is 4.39 Å². The first-order valence-corrected chi connectivity index (χ1v) is 5.73. The fourth-order valence-corrected chi connectivity index (χ4v) is 1.79. The number of rotatable bonds is 4. The zero-order valence-electron chi connectivity index (χ0n) is 10.4. The predicted molar refractivity (Wildman–Crippen MR) is 69.8 cm³/mol. The highest BCUT2D eigenvalue weighted by atomic mass is 19.1. The second kappa shape index (κ2) is 6.00. The van der Waals surface area contributed by atoms with E-state index >= 15 is 0 Å². The van der Waals surface area contributed by atoms with E-state index in [-0.39, 0.29) is 5.97 Å². The number of para-hydroxylation sites is 1. The Bertz CT molecular complexity index is 564. The molecule has 0 fully saturated rings. The second-order valence-corrected chi connectivity index (χ2v) is 3.82. The largest absolute Gasteiger partial charge is 0.465 e. The van der Waals surface area contributed by atoms with Crippen LogP contribution in [0.2, 0.25) is 0 Å². The lowest BCUT2D eigenvalue weighted by Crippen LogP contribution is -2.00. The number of methoxy groups -OCH3 is 1. The first-order chi connectivity index (χ1) is 9.26. The maximum Gasteiger partial charge on any atom is 0.337 e. The molecule has 0 atom stereocenters. The third kappa shape index (κ3) is 2.91. The van der Waals surface area contributed by atoms with Gasteiger partial charge in [-0.15, -0.1) is 0 Å². The van der Waals surface area contributed by atoms with Crippen LogP contribution in [0, 0.1) is 0 Å². The molecule has 4 heteroatoms. The first kappa shape index (κ1) is 13.1. The van der Waals surface area contributed by atoms with Gasteiger partial charge in [-0.1, -0.05) is 30.3 Å². The van der Waals surface area contributed by atoms with Crippen molar-refractivity contribution in [2.45, 2.75) is 0 Å². The van der Waals surface area contributed by atoms with Gasteiger partial charge in [-0.05, 0) is 23.8 Å². The van der Waals surface area contributed by atoms with Gasteiger partial charge >= 0.3 is 5.97 Å². The monoisotopic (exact) mass is 260 g/mol. The molecule has 19 heavy (non-hydrogen) atoms. The van der Waals surface area contributed by atoms with Crippen molar-refractivity contribution in [2.24, 2.45) is 0 Å². The lowest BCUT2D eigenvalue weighted by Gasteiger charge is -2.09. The molecule has 0 aliphatic heterocycles. The van der Waals surface area contributed by atoms with Crippen LogP contribution < -0.4 is 4.74 Å². The van der Waals surface area contributed by atoms with E-state index in [9.17, 15) is 9.18 Å². The van der Waals surface area contributed by atoms with Crippen molar-refractivity contribution in [3.63, 3.8) is 0 Å². The summed E-state index contributed by atoms with van der Waals surface area (Å²) in [5.41, 5.74) is 2.09. The molecule has 0 N–H and O–H groups in total. The number of hydrogen-bond donors (Lipinski definition) is 0. The van der Waals surface area contributed by atoms with Gasteiger partial charge in [0.2, 0.25) is 6.86 Å². The fraction of sp³-hybridized carbons (Fsp3) is 0.133. The zero-order chi connectivity index (χ0) is 13.7. The number of hydrogen-bond acceptors (Lipinski definition) is 3. The molecular formula is C15H13FO3. The van der Waals surface area contributed by atoms with E-state index in [1.54, 1.807) is 36.4 Å². The number of alkyl halides is 1. The molecule has 0 aromatic heterocycles. The van der Waals surface area contributed by atoms with Crippen molar-refractivity contribution in [3.8, 4) is 16.9 Å². The Labute approximate surface area is 110 Å². The van der Waals surface area contributed by atoms with Crippen molar-refractivity contribution in [1.82, 2.24) is 0 Å². The molecule has 98 valence electrons. The van der Waals surface area contributed by atoms with Crippen molar-refractivity contribution >= 4 is 5.97 Å². The molecule has 2 aromatic rings. The minimum atomic E-state index is -0.878. The van der Waals surface area contributed by atoms with Gasteiger partial charge in [0.1, 0.15) is 5.75 Å². The van der Waals surface area contributed by atoms with Gasteiger partial charge < -0.3 is 9.47 Å². The normalized spacial score (nSPS) is 10.0. The third-order valence-corrected chi connectivity index (χ3v) is 2.71. The Morgan fingerprint density at radius 1 is 1.11 bits per heavy atom. The number of esters is 1. The summed E-state index contributed by atoms with van der Waals surface area (Å²) >= 11 is 0. The maximum absolute atomic E-state index is 12.3. The van der Waals surface area contributed by atoms with E-state index in [0.717, 1.165) is 11.1 Å². The summed E-state index contributed by atoms with van der Waals surface area (Å²) in [4.78, 5) is 11.3. The number of ether oxygens (including phenoxy) is 2. The lowest BCUT2D eigenvalue weighted by atomic mass is 10.0. The molecule has 0 heterocycles. The van der Waals surface area contributed by atoms with Gasteiger partial charge in [-0.3, -0.25) is 0 Å². The van der Waals surface area contributed by atoms with E-state index in [1.807, 2.05) is 12.1 Å². The number of carbonyl (C=O) groups is 1. The molecule has 2 aromatic carbocycles. The molecule has 0 radical (unpaired) electrons. The van der Waals surface area contributed by atoms with Crippen LogP contribution in [0.15, 0.2) is 48.5 Å². The van der Waals surface area contributed by atoms with Crippen LogP contribution in [-0.4, -0.2) is 19.9 Å². The lowest BCUT2D eigenvalue weighted by molar-refractivity contribution is 0.0601. The molecule has 0 saturated carbocycles. The Hall–Kier alpha value is -2.36. The Morgan fingerprint density at radius 3 is 2.42 bits per heavy atom. The minimum absolute atomic E-state index is 0.389. The summed E-state index contributed by atoms with van der Waals surface area (Å²) in [5, 5.41) is 0. The van der Waals surface area contributed by atoms with E-state index in [4.69, 9.17) is 4.74 Å². The average molecular weight is 260 g/mol. The average Bonchev–Trinajstić information content (AvgIpc) is 2.47. The molecular weight excluding hydrogens is 247 g/mol. The first-order valence-electron chi connectivity index (χ1n) is 5.73. The molecule has 3 nitrogen and oxygen atoms in total. The number of halogens is 1. The van der Waals surface area contributed by atoms with E-state index in [0.29, 0.717) is 11.3 Å². The van der Waals surface area contributed by atoms with Crippen molar-refractivity contribution in [3.05, 3.63) is 54.1 Å². The smallest absolute Gasteiger partial charge is 0.337 e. The topological polar surface area (TPSA) is 35.5 Å². The molecule has 2 rings (SSSR count). The molecule has 0 amide bonds. The van der Waals surface area contributed by atoms with E-state index in [1.165, 1.54) is 7.11 Å². The molecule has 0 spiro atoms. The zero-order valence-corrected chi connectivity index (χ0v) is 10.4. The summed E-state index contributed by atoms with van der Waals surface area (Å²) < 4.78 is 21.9. The highest BCUT2D eigenvalue weighted by molar-refractivity contribution is 5.90. The molecule has 0 aliphatic carbocycles. The van der Waals surface area contributed by atoms with Crippen LogP contribution in [0.1, 0.15) is 10.4 Å². The standard InChI is InChI=1S/C15H13FO3/c1-18-15(17)12-8-6-11(7-9-12)13-4-2-3-5-14(13)19-10-16/h2-9H,10H2,1H3. The van der Waals surface area contributed by atoms with Crippen LogP contribution in [0.3, 0.4) is 0 Å². The summed E-state index contributed by atoms with van der Waals surface area (Å²) in [6.07, 6.45) is 0. The molecule has 0 unspecified atom stereocenters. The van der Waals surface area contributed by atoms with Crippen LogP contribution in [0.25, 0.3) is 11.1 Å². The Morgan fingerprint density at radius 2 is 1.79 bits per heavy atom. The molecule has 0 bridgehead atoms. The van der Waals surface area contributed by atoms with Gasteiger partial charge in [0.25, 0.3) is 0 Å². The van der Waals surface area contributed by atoms with Crippen LogP contribution in [0.5, 0.6) is 5.75 Å². The van der Waals surface area contributed by atoms with E-state index in [2.05, 4.69) is 4.74 Å². The maximum atomic E-state index is 12.3. The van der Waals surface area contributed by atoms with Crippen LogP contribution in [-0.2, 0) is 4.74 Å². The quantitative estimate of drug-likeness (QED) is 0.790. The summed E-state index contributed by atoms with van der Waals surface area (Å²) in [6, 6.07) is 14.0. The molecule has 0 aliphatic rings. The third-order valence-electron chi connectivity index (χ3n) is 2.71. The van der Waals surface area contributed by atoms with Gasteiger partial charge in [0, 0.05) is 5.56 Å². The SMILES string of the molecule is COC(=O)c1ccc(-c2ccccc2OCF)cc1. The van der Waals surface area contributed by atoms with Crippen LogP contribution >= 0.6 is 0 Å². The van der Waals surface area contributed by atoms with Gasteiger partial charge in [-0.2, -0.15) is 0 Å². The highest BCUT2D eigenvalue weighted by Gasteiger charge is 2.08. The Kier molecular flexibility index (Phi) is 4.13. The summed E-state index contributed by atoms with van der Waals surface area (Å²) in [7, 11) is 1.33. The second-order valence-electron chi connectivity index (χ2n) is 3.82. The molecule has 0 saturated heterocycles. The minimum Gasteiger partial charge on any atom is -0.465 e. The summed E-state index contributed by atoms with van der Waals surface area (Å²) in [5.74, 6) is 0.0793. The van der Waals surface area contributed by atoms with Gasteiger partial charge in [0.15, 0.2) is 0 Å². The fourth-order valence-electron chi connectivity index (χ4n) is 1.79. The van der Waals surface area contributed by atoms with E-state index < -0.39 is 6.86 Å². The van der Waals surface area contributed by atoms with Crippen molar-refractivity contribution < 1.29 is 18.7 Å². The predicted octanol–water partition coefficient (Wildman–Crippen LogP) is 3.45. The highest BCUT2D eigenvalue weighted by Crippen LogP contribution is 2.30. The van der Waals surface area contributed by atoms with Gasteiger partial charge in [-0.25, -0.2) is 9.18 Å². The van der Waals surface area contributed by atoms with Crippen molar-refractivity contribution in [1.29, 1.82) is 0 Å². The number of benzene rings is 2. The summed E-state index contributed by atoms with van der Waals surface area (Å²) in [6.45, 7) is -0.878. The van der Waals surface area contributed by atoms with Crippen molar-refractivity contribution in [2.75, 3.05) is 14.0 Å². The number of carbonyl (C=O) groups excluding carboxylic acids is 1. The Balaban J connectivity index is 2.34.